The third-order valence-corrected chi connectivity index (χ3v) is 4.84. The lowest BCUT2D eigenvalue weighted by atomic mass is 10.1. The predicted molar refractivity (Wildman–Crippen MR) is 95.4 cm³/mol. The first-order valence-electron chi connectivity index (χ1n) is 8.74. The number of aromatic amines is 1. The number of carbonyl (C=O) groups is 2. The lowest BCUT2D eigenvalue weighted by Crippen LogP contribution is -2.24. The van der Waals surface area contributed by atoms with Crippen LogP contribution in [-0.2, 0) is 0 Å². The van der Waals surface area contributed by atoms with Gasteiger partial charge in [-0.05, 0) is 50.7 Å². The number of hydrogen-bond acceptors (Lipinski definition) is 5. The van der Waals surface area contributed by atoms with Crippen molar-refractivity contribution in [1.29, 1.82) is 0 Å². The van der Waals surface area contributed by atoms with E-state index in [0.29, 0.717) is 35.8 Å². The van der Waals surface area contributed by atoms with Crippen LogP contribution in [0.3, 0.4) is 0 Å². The number of fused-ring (bicyclic) bond motifs is 1. The van der Waals surface area contributed by atoms with E-state index in [4.69, 9.17) is 4.74 Å². The first-order chi connectivity index (χ1) is 12.6. The molecule has 0 radical (unpaired) electrons. The standard InChI is InChI=1S/C18H21N5O3/c1-23-7-2-3-15(23)13-10-14(22-21-13)18(25)20-11-4-5-16-12(9-11)17(24)19-6-8-26-16/h4-5,9-10,15H,2-3,6-8H2,1H3,(H,19,24)(H,20,25)(H,21,22). The van der Waals surface area contributed by atoms with Crippen LogP contribution in [0.1, 0.15) is 45.4 Å². The van der Waals surface area contributed by atoms with Gasteiger partial charge in [0.25, 0.3) is 11.8 Å². The van der Waals surface area contributed by atoms with Gasteiger partial charge in [0.05, 0.1) is 23.8 Å². The highest BCUT2D eigenvalue weighted by Crippen LogP contribution is 2.29. The number of H-pyrrole nitrogens is 1. The van der Waals surface area contributed by atoms with E-state index >= 15 is 0 Å². The average molecular weight is 355 g/mol. The van der Waals surface area contributed by atoms with Crippen molar-refractivity contribution in [2.24, 2.45) is 0 Å². The molecule has 2 aromatic rings. The summed E-state index contributed by atoms with van der Waals surface area (Å²) in [4.78, 5) is 26.8. The third-order valence-electron chi connectivity index (χ3n) is 4.84. The van der Waals surface area contributed by atoms with E-state index < -0.39 is 0 Å². The number of aromatic nitrogens is 2. The molecule has 1 aromatic heterocycles. The number of carbonyl (C=O) groups excluding carboxylic acids is 2. The van der Waals surface area contributed by atoms with Crippen molar-refractivity contribution < 1.29 is 14.3 Å². The molecule has 2 amide bonds. The SMILES string of the molecule is CN1CCCC1c1cc(C(=O)Nc2ccc3c(c2)C(=O)NCCO3)n[nH]1. The number of hydrogen-bond donors (Lipinski definition) is 3. The molecule has 1 atom stereocenters. The summed E-state index contributed by atoms with van der Waals surface area (Å²) in [6, 6.07) is 7.10. The molecular formula is C18H21N5O3. The van der Waals surface area contributed by atoms with Crippen LogP contribution < -0.4 is 15.4 Å². The number of ether oxygens (including phenoxy) is 1. The Morgan fingerprint density at radius 2 is 2.27 bits per heavy atom. The van der Waals surface area contributed by atoms with Crippen LogP contribution in [0.4, 0.5) is 5.69 Å². The first kappa shape index (κ1) is 16.6. The van der Waals surface area contributed by atoms with Crippen molar-refractivity contribution in [2.75, 3.05) is 32.1 Å². The zero-order valence-corrected chi connectivity index (χ0v) is 14.5. The van der Waals surface area contributed by atoms with E-state index in [9.17, 15) is 9.59 Å². The molecule has 4 rings (SSSR count). The molecule has 2 aliphatic rings. The van der Waals surface area contributed by atoms with Gasteiger partial charge >= 0.3 is 0 Å². The topological polar surface area (TPSA) is 99.3 Å². The molecule has 1 fully saturated rings. The van der Waals surface area contributed by atoms with E-state index in [1.165, 1.54) is 0 Å². The molecule has 0 aliphatic carbocycles. The normalized spacial score (nSPS) is 20.0. The van der Waals surface area contributed by atoms with Crippen molar-refractivity contribution in [3.05, 3.63) is 41.2 Å². The molecule has 3 heterocycles. The van der Waals surface area contributed by atoms with Crippen LogP contribution in [0, 0.1) is 0 Å². The monoisotopic (exact) mass is 355 g/mol. The Bertz CT molecular complexity index is 847. The number of benzene rings is 1. The van der Waals surface area contributed by atoms with E-state index in [1.807, 2.05) is 0 Å². The number of anilines is 1. The number of nitrogens with one attached hydrogen (secondary N) is 3. The maximum absolute atomic E-state index is 12.5. The van der Waals surface area contributed by atoms with Gasteiger partial charge in [-0.2, -0.15) is 5.10 Å². The lowest BCUT2D eigenvalue weighted by molar-refractivity contribution is 0.0955. The van der Waals surface area contributed by atoms with E-state index in [-0.39, 0.29) is 17.9 Å². The molecule has 8 heteroatoms. The van der Waals surface area contributed by atoms with Gasteiger partial charge < -0.3 is 15.4 Å². The molecule has 26 heavy (non-hydrogen) atoms. The van der Waals surface area contributed by atoms with Crippen LogP contribution in [-0.4, -0.2) is 53.7 Å². The van der Waals surface area contributed by atoms with E-state index in [2.05, 4.69) is 32.8 Å². The van der Waals surface area contributed by atoms with Gasteiger partial charge in [-0.3, -0.25) is 19.6 Å². The highest BCUT2D eigenvalue weighted by molar-refractivity contribution is 6.04. The Kier molecular flexibility index (Phi) is 4.34. The van der Waals surface area contributed by atoms with Crippen LogP contribution in [0.15, 0.2) is 24.3 Å². The zero-order chi connectivity index (χ0) is 18.1. The van der Waals surface area contributed by atoms with Crippen molar-refractivity contribution in [3.63, 3.8) is 0 Å². The van der Waals surface area contributed by atoms with Crippen LogP contribution in [0.2, 0.25) is 0 Å². The molecule has 136 valence electrons. The second kappa shape index (κ2) is 6.80. The molecule has 3 N–H and O–H groups in total. The fraction of sp³-hybridized carbons (Fsp3) is 0.389. The van der Waals surface area contributed by atoms with Gasteiger partial charge in [-0.15, -0.1) is 0 Å². The molecule has 1 aromatic carbocycles. The predicted octanol–water partition coefficient (Wildman–Crippen LogP) is 1.55. The minimum Gasteiger partial charge on any atom is -0.491 e. The summed E-state index contributed by atoms with van der Waals surface area (Å²) in [5.74, 6) is -0.00713. The molecule has 0 saturated carbocycles. The largest absolute Gasteiger partial charge is 0.491 e. The maximum Gasteiger partial charge on any atom is 0.276 e. The van der Waals surface area contributed by atoms with Crippen molar-refractivity contribution in [1.82, 2.24) is 20.4 Å². The number of nitrogens with zero attached hydrogens (tertiary/aromatic N) is 2. The van der Waals surface area contributed by atoms with Crippen LogP contribution in [0.25, 0.3) is 0 Å². The highest BCUT2D eigenvalue weighted by atomic mass is 16.5. The minimum absolute atomic E-state index is 0.208. The van der Waals surface area contributed by atoms with Gasteiger partial charge in [0, 0.05) is 5.69 Å². The van der Waals surface area contributed by atoms with Gasteiger partial charge in [0.15, 0.2) is 5.69 Å². The molecule has 8 nitrogen and oxygen atoms in total. The fourth-order valence-corrected chi connectivity index (χ4v) is 3.45. The van der Waals surface area contributed by atoms with Gasteiger partial charge in [-0.1, -0.05) is 0 Å². The van der Waals surface area contributed by atoms with Crippen molar-refractivity contribution in [3.8, 4) is 5.75 Å². The first-order valence-corrected chi connectivity index (χ1v) is 8.74. The summed E-state index contributed by atoms with van der Waals surface area (Å²) < 4.78 is 5.52. The highest BCUT2D eigenvalue weighted by Gasteiger charge is 2.25. The number of likely N-dealkylation sites (tertiary alicyclic amines) is 1. The molecule has 1 unspecified atom stereocenters. The average Bonchev–Trinajstić information content (AvgIpc) is 3.24. The summed E-state index contributed by atoms with van der Waals surface area (Å²) in [5.41, 5.74) is 2.22. The summed E-state index contributed by atoms with van der Waals surface area (Å²) in [6.07, 6.45) is 2.20. The Balaban J connectivity index is 1.50. The van der Waals surface area contributed by atoms with Gasteiger partial charge in [-0.25, -0.2) is 0 Å². The minimum atomic E-state index is -0.317. The fourth-order valence-electron chi connectivity index (χ4n) is 3.45. The zero-order valence-electron chi connectivity index (χ0n) is 14.5. The second-order valence-corrected chi connectivity index (χ2v) is 6.62. The second-order valence-electron chi connectivity index (χ2n) is 6.62. The van der Waals surface area contributed by atoms with E-state index in [0.717, 1.165) is 25.1 Å². The Morgan fingerprint density at radius 1 is 1.38 bits per heavy atom. The number of amides is 2. The van der Waals surface area contributed by atoms with Gasteiger partial charge in [0.1, 0.15) is 12.4 Å². The maximum atomic E-state index is 12.5. The van der Waals surface area contributed by atoms with Crippen molar-refractivity contribution >= 4 is 17.5 Å². The third kappa shape index (κ3) is 3.15. The summed E-state index contributed by atoms with van der Waals surface area (Å²) in [6.45, 7) is 1.93. The summed E-state index contributed by atoms with van der Waals surface area (Å²) in [7, 11) is 2.07. The molecule has 2 aliphatic heterocycles. The Morgan fingerprint density at radius 3 is 3.08 bits per heavy atom. The van der Waals surface area contributed by atoms with Crippen LogP contribution >= 0.6 is 0 Å². The van der Waals surface area contributed by atoms with E-state index in [1.54, 1.807) is 24.3 Å². The molecule has 0 bridgehead atoms. The summed E-state index contributed by atoms with van der Waals surface area (Å²) >= 11 is 0. The van der Waals surface area contributed by atoms with Crippen LogP contribution in [0.5, 0.6) is 5.75 Å². The molecule has 1 saturated heterocycles. The lowest BCUT2D eigenvalue weighted by Gasteiger charge is -2.16. The van der Waals surface area contributed by atoms with Gasteiger partial charge in [0.2, 0.25) is 0 Å². The number of rotatable bonds is 3. The quantitative estimate of drug-likeness (QED) is 0.776. The Hall–Kier alpha value is -2.87. The van der Waals surface area contributed by atoms with Crippen molar-refractivity contribution in [2.45, 2.75) is 18.9 Å². The molecule has 0 spiro atoms. The Labute approximate surface area is 150 Å². The smallest absolute Gasteiger partial charge is 0.276 e. The summed E-state index contributed by atoms with van der Waals surface area (Å²) in [5, 5.41) is 12.7. The molecular weight excluding hydrogens is 334 g/mol.